The van der Waals surface area contributed by atoms with Crippen LogP contribution in [0.5, 0.6) is 0 Å². The Balaban J connectivity index is 2.62. The van der Waals surface area contributed by atoms with Crippen molar-refractivity contribution in [2.24, 2.45) is 5.84 Å². The lowest BCUT2D eigenvalue weighted by molar-refractivity contribution is 0.868. The first kappa shape index (κ1) is 10.9. The number of hydrazine groups is 1. The number of fused-ring (bicyclic) bond motifs is 1. The van der Waals surface area contributed by atoms with Crippen LogP contribution in [0.3, 0.4) is 0 Å². The molecule has 0 saturated carbocycles. The van der Waals surface area contributed by atoms with Gasteiger partial charge in [0, 0.05) is 5.39 Å². The zero-order chi connectivity index (χ0) is 11.7. The third-order valence-corrected chi connectivity index (χ3v) is 2.83. The van der Waals surface area contributed by atoms with Crippen LogP contribution in [0.1, 0.15) is 30.9 Å². The third kappa shape index (κ3) is 1.86. The highest BCUT2D eigenvalue weighted by Crippen LogP contribution is 2.23. The van der Waals surface area contributed by atoms with E-state index in [9.17, 15) is 0 Å². The van der Waals surface area contributed by atoms with E-state index >= 15 is 0 Å². The van der Waals surface area contributed by atoms with E-state index in [0.717, 1.165) is 16.9 Å². The maximum Gasteiger partial charge on any atom is 0.143 e. The average molecular weight is 215 g/mol. The summed E-state index contributed by atoms with van der Waals surface area (Å²) in [6.07, 6.45) is 0. The van der Waals surface area contributed by atoms with Gasteiger partial charge in [0.1, 0.15) is 5.82 Å². The number of nitrogens with zero attached hydrogens (tertiary/aromatic N) is 1. The molecule has 2 rings (SSSR count). The van der Waals surface area contributed by atoms with E-state index in [-0.39, 0.29) is 0 Å². The number of nitrogen functional groups attached to an aromatic ring is 1. The molecule has 1 heterocycles. The molecule has 84 valence electrons. The molecule has 0 fully saturated rings. The molecule has 0 aliphatic carbocycles. The van der Waals surface area contributed by atoms with Crippen molar-refractivity contribution in [3.8, 4) is 0 Å². The fraction of sp³-hybridized carbons (Fsp3) is 0.308. The lowest BCUT2D eigenvalue weighted by atomic mass is 10.0. The standard InChI is InChI=1S/C13H17N3/c1-8(2)10-4-5-12-11(7-10)6-9(3)13(15-12)16-14/h4-8H,14H2,1-3H3,(H,15,16). The number of pyridine rings is 1. The molecule has 0 aliphatic heterocycles. The van der Waals surface area contributed by atoms with Gasteiger partial charge in [-0.2, -0.15) is 0 Å². The van der Waals surface area contributed by atoms with Crippen molar-refractivity contribution < 1.29 is 0 Å². The van der Waals surface area contributed by atoms with Crippen molar-refractivity contribution in [2.75, 3.05) is 5.43 Å². The molecule has 0 radical (unpaired) electrons. The van der Waals surface area contributed by atoms with Gasteiger partial charge in [0.2, 0.25) is 0 Å². The molecule has 0 bridgehead atoms. The van der Waals surface area contributed by atoms with Crippen molar-refractivity contribution >= 4 is 16.7 Å². The van der Waals surface area contributed by atoms with E-state index in [2.05, 4.69) is 42.5 Å². The molecular formula is C13H17N3. The fourth-order valence-corrected chi connectivity index (χ4v) is 1.81. The molecule has 1 aromatic carbocycles. The summed E-state index contributed by atoms with van der Waals surface area (Å²) in [5.74, 6) is 6.69. The zero-order valence-corrected chi connectivity index (χ0v) is 9.91. The molecule has 0 spiro atoms. The first-order valence-electron chi connectivity index (χ1n) is 5.49. The van der Waals surface area contributed by atoms with Gasteiger partial charge in [-0.05, 0) is 42.2 Å². The highest BCUT2D eigenvalue weighted by atomic mass is 15.2. The minimum atomic E-state index is 0.539. The number of nitrogens with two attached hydrogens (primary N) is 1. The second kappa shape index (κ2) is 4.10. The van der Waals surface area contributed by atoms with Gasteiger partial charge in [-0.3, -0.25) is 0 Å². The molecule has 3 heteroatoms. The number of hydrogen-bond donors (Lipinski definition) is 2. The first-order chi connectivity index (χ1) is 7.61. The molecule has 16 heavy (non-hydrogen) atoms. The second-order valence-corrected chi connectivity index (χ2v) is 4.41. The maximum atomic E-state index is 5.41. The molecule has 2 aromatic rings. The maximum absolute atomic E-state index is 5.41. The molecule has 0 saturated heterocycles. The highest BCUT2D eigenvalue weighted by Gasteiger charge is 2.04. The van der Waals surface area contributed by atoms with Gasteiger partial charge in [0.25, 0.3) is 0 Å². The van der Waals surface area contributed by atoms with Gasteiger partial charge in [-0.25, -0.2) is 10.8 Å². The second-order valence-electron chi connectivity index (χ2n) is 4.41. The summed E-state index contributed by atoms with van der Waals surface area (Å²) in [7, 11) is 0. The monoisotopic (exact) mass is 215 g/mol. The summed E-state index contributed by atoms with van der Waals surface area (Å²) in [6.45, 7) is 6.39. The van der Waals surface area contributed by atoms with Crippen molar-refractivity contribution in [1.29, 1.82) is 0 Å². The molecule has 0 atom stereocenters. The van der Waals surface area contributed by atoms with Crippen LogP contribution in [0, 0.1) is 6.92 Å². The summed E-state index contributed by atoms with van der Waals surface area (Å²) < 4.78 is 0. The van der Waals surface area contributed by atoms with Crippen LogP contribution in [0.2, 0.25) is 0 Å². The largest absolute Gasteiger partial charge is 0.308 e. The number of aryl methyl sites for hydroxylation is 1. The van der Waals surface area contributed by atoms with Crippen LogP contribution in [-0.4, -0.2) is 4.98 Å². The van der Waals surface area contributed by atoms with Gasteiger partial charge >= 0.3 is 0 Å². The Hall–Kier alpha value is -1.61. The van der Waals surface area contributed by atoms with E-state index in [4.69, 9.17) is 5.84 Å². The predicted octanol–water partition coefficient (Wildman–Crippen LogP) is 2.95. The van der Waals surface area contributed by atoms with E-state index in [1.54, 1.807) is 0 Å². The van der Waals surface area contributed by atoms with Crippen LogP contribution in [0.4, 0.5) is 5.82 Å². The Bertz CT molecular complexity index is 518. The van der Waals surface area contributed by atoms with Gasteiger partial charge in [0.15, 0.2) is 0 Å². The van der Waals surface area contributed by atoms with E-state index < -0.39 is 0 Å². The lowest BCUT2D eigenvalue weighted by Gasteiger charge is -2.09. The molecule has 3 nitrogen and oxygen atoms in total. The normalized spacial score (nSPS) is 11.1. The van der Waals surface area contributed by atoms with Gasteiger partial charge < -0.3 is 5.43 Å². The third-order valence-electron chi connectivity index (χ3n) is 2.83. The first-order valence-corrected chi connectivity index (χ1v) is 5.49. The van der Waals surface area contributed by atoms with E-state index in [1.807, 2.05) is 13.0 Å². The SMILES string of the molecule is Cc1cc2cc(C(C)C)ccc2nc1NN. The van der Waals surface area contributed by atoms with Crippen LogP contribution >= 0.6 is 0 Å². The Kier molecular flexibility index (Phi) is 2.79. The topological polar surface area (TPSA) is 50.9 Å². The summed E-state index contributed by atoms with van der Waals surface area (Å²) in [4.78, 5) is 4.46. The van der Waals surface area contributed by atoms with Crippen LogP contribution < -0.4 is 11.3 Å². The van der Waals surface area contributed by atoms with Crippen LogP contribution in [0.25, 0.3) is 10.9 Å². The van der Waals surface area contributed by atoms with E-state index in [1.165, 1.54) is 10.9 Å². The summed E-state index contributed by atoms with van der Waals surface area (Å²) in [5, 5.41) is 1.17. The average Bonchev–Trinajstić information content (AvgIpc) is 2.27. The summed E-state index contributed by atoms with van der Waals surface area (Å²) in [5.41, 5.74) is 5.99. The van der Waals surface area contributed by atoms with Gasteiger partial charge in [-0.15, -0.1) is 0 Å². The summed E-state index contributed by atoms with van der Waals surface area (Å²) >= 11 is 0. The lowest BCUT2D eigenvalue weighted by Crippen LogP contribution is -2.10. The molecular weight excluding hydrogens is 198 g/mol. The highest BCUT2D eigenvalue weighted by molar-refractivity contribution is 5.82. The Morgan fingerprint density at radius 3 is 2.62 bits per heavy atom. The molecule has 0 unspecified atom stereocenters. The number of aromatic nitrogens is 1. The van der Waals surface area contributed by atoms with Crippen molar-refractivity contribution in [1.82, 2.24) is 4.98 Å². The van der Waals surface area contributed by atoms with Crippen molar-refractivity contribution in [3.63, 3.8) is 0 Å². The number of nitrogens with one attached hydrogen (secondary N) is 1. The minimum Gasteiger partial charge on any atom is -0.308 e. The summed E-state index contributed by atoms with van der Waals surface area (Å²) in [6, 6.07) is 8.48. The predicted molar refractivity (Wildman–Crippen MR) is 68.4 cm³/mol. The Labute approximate surface area is 95.7 Å². The Morgan fingerprint density at radius 2 is 2.00 bits per heavy atom. The molecule has 0 aliphatic rings. The van der Waals surface area contributed by atoms with Gasteiger partial charge in [-0.1, -0.05) is 19.9 Å². The number of benzene rings is 1. The number of hydrogen-bond acceptors (Lipinski definition) is 3. The fourth-order valence-electron chi connectivity index (χ4n) is 1.81. The van der Waals surface area contributed by atoms with Crippen molar-refractivity contribution in [2.45, 2.75) is 26.7 Å². The minimum absolute atomic E-state index is 0.539. The Morgan fingerprint density at radius 1 is 1.25 bits per heavy atom. The van der Waals surface area contributed by atoms with Crippen LogP contribution in [-0.2, 0) is 0 Å². The quantitative estimate of drug-likeness (QED) is 0.598. The zero-order valence-electron chi connectivity index (χ0n) is 9.91. The van der Waals surface area contributed by atoms with Gasteiger partial charge in [0.05, 0.1) is 5.52 Å². The van der Waals surface area contributed by atoms with Crippen molar-refractivity contribution in [3.05, 3.63) is 35.4 Å². The smallest absolute Gasteiger partial charge is 0.143 e. The number of anilines is 1. The molecule has 3 N–H and O–H groups in total. The van der Waals surface area contributed by atoms with Crippen LogP contribution in [0.15, 0.2) is 24.3 Å². The number of rotatable bonds is 2. The van der Waals surface area contributed by atoms with E-state index in [0.29, 0.717) is 5.92 Å². The molecule has 0 amide bonds. The molecule has 1 aromatic heterocycles.